The Labute approximate surface area is 131 Å². The van der Waals surface area contributed by atoms with Crippen molar-refractivity contribution >= 4 is 41.8 Å². The molecule has 2 atom stereocenters. The second-order valence-corrected chi connectivity index (χ2v) is 7.64. The van der Waals surface area contributed by atoms with Gasteiger partial charge in [0.15, 0.2) is 0 Å². The molecule has 3 N–H and O–H groups in total. The van der Waals surface area contributed by atoms with Crippen molar-refractivity contribution in [2.75, 3.05) is 23.8 Å². The van der Waals surface area contributed by atoms with E-state index in [1.165, 1.54) is 37.9 Å². The van der Waals surface area contributed by atoms with Gasteiger partial charge in [-0.25, -0.2) is 0 Å². The van der Waals surface area contributed by atoms with Crippen LogP contribution >= 0.6 is 35.9 Å². The number of nitrogens with one attached hydrogen (secondary N) is 1. The fourth-order valence-corrected chi connectivity index (χ4v) is 5.39. The number of thioether (sulfide) groups is 2. The Morgan fingerprint density at radius 2 is 2.00 bits per heavy atom. The predicted molar refractivity (Wildman–Crippen MR) is 88.4 cm³/mol. The van der Waals surface area contributed by atoms with Crippen LogP contribution in [0.3, 0.4) is 0 Å². The Morgan fingerprint density at radius 1 is 1.26 bits per heavy atom. The van der Waals surface area contributed by atoms with E-state index in [4.69, 9.17) is 5.73 Å². The van der Waals surface area contributed by atoms with Crippen LogP contribution in [-0.4, -0.2) is 41.0 Å². The number of amides is 1. The van der Waals surface area contributed by atoms with Gasteiger partial charge >= 0.3 is 0 Å². The third-order valence-electron chi connectivity index (χ3n) is 3.91. The van der Waals surface area contributed by atoms with Gasteiger partial charge in [0.05, 0.1) is 5.25 Å². The first-order valence-corrected chi connectivity index (χ1v) is 9.21. The lowest BCUT2D eigenvalue weighted by Crippen LogP contribution is -2.49. The molecule has 0 aromatic heterocycles. The van der Waals surface area contributed by atoms with E-state index in [-0.39, 0.29) is 29.6 Å². The van der Waals surface area contributed by atoms with Crippen molar-refractivity contribution in [2.24, 2.45) is 11.7 Å². The smallest absolute Gasteiger partial charge is 0.234 e. The first-order valence-electron chi connectivity index (χ1n) is 7.01. The summed E-state index contributed by atoms with van der Waals surface area (Å²) in [7, 11) is 0. The Balaban J connectivity index is 0.00000180. The first kappa shape index (κ1) is 17.5. The molecule has 112 valence electrons. The van der Waals surface area contributed by atoms with E-state index in [0.717, 1.165) is 11.5 Å². The highest BCUT2D eigenvalue weighted by atomic mass is 35.5. The molecule has 1 heterocycles. The monoisotopic (exact) mass is 324 g/mol. The number of rotatable bonds is 4. The summed E-state index contributed by atoms with van der Waals surface area (Å²) in [6, 6.07) is 0.199. The molecule has 0 aromatic carbocycles. The zero-order valence-electron chi connectivity index (χ0n) is 11.3. The zero-order valence-corrected chi connectivity index (χ0v) is 13.8. The average molecular weight is 325 g/mol. The van der Waals surface area contributed by atoms with Crippen LogP contribution < -0.4 is 11.1 Å². The number of carbonyl (C=O) groups is 1. The molecule has 2 unspecified atom stereocenters. The summed E-state index contributed by atoms with van der Waals surface area (Å²) in [5, 5.41) is 3.35. The van der Waals surface area contributed by atoms with Crippen molar-refractivity contribution in [3.63, 3.8) is 0 Å². The first-order chi connectivity index (χ1) is 8.81. The van der Waals surface area contributed by atoms with Crippen LogP contribution in [0.25, 0.3) is 0 Å². The fourth-order valence-electron chi connectivity index (χ4n) is 2.82. The maximum Gasteiger partial charge on any atom is 0.234 e. The second-order valence-electron chi connectivity index (χ2n) is 5.18. The molecular formula is C13H25ClN2OS2. The van der Waals surface area contributed by atoms with E-state index in [2.05, 4.69) is 5.32 Å². The van der Waals surface area contributed by atoms with E-state index in [0.29, 0.717) is 12.5 Å². The van der Waals surface area contributed by atoms with E-state index in [1.807, 2.05) is 11.8 Å². The normalized spacial score (nSPS) is 26.3. The van der Waals surface area contributed by atoms with Crippen molar-refractivity contribution < 1.29 is 4.79 Å². The summed E-state index contributed by atoms with van der Waals surface area (Å²) in [5.74, 6) is 4.05. The molecule has 1 aliphatic heterocycles. The van der Waals surface area contributed by atoms with Crippen molar-refractivity contribution in [1.82, 2.24) is 5.32 Å². The number of halogens is 1. The number of hydrogen-bond acceptors (Lipinski definition) is 4. The van der Waals surface area contributed by atoms with E-state index in [9.17, 15) is 4.79 Å². The van der Waals surface area contributed by atoms with Gasteiger partial charge in [0.1, 0.15) is 0 Å². The Morgan fingerprint density at radius 3 is 2.58 bits per heavy atom. The third kappa shape index (κ3) is 5.37. The summed E-state index contributed by atoms with van der Waals surface area (Å²) in [5.41, 5.74) is 5.85. The standard InChI is InChI=1S/C13H24N2OS2.ClH/c14-8-11(10-4-2-1-3-5-10)15-13(16)12-9-17-6-7-18-12;/h10-12H,1-9,14H2,(H,15,16);1H. The highest BCUT2D eigenvalue weighted by Gasteiger charge is 2.28. The van der Waals surface area contributed by atoms with Crippen LogP contribution in [-0.2, 0) is 4.79 Å². The second kappa shape index (κ2) is 9.37. The summed E-state index contributed by atoms with van der Waals surface area (Å²) in [6.45, 7) is 0.584. The third-order valence-corrected chi connectivity index (χ3v) is 6.66. The Hall–Kier alpha value is 0.420. The molecule has 1 aliphatic carbocycles. The van der Waals surface area contributed by atoms with Crippen LogP contribution in [0.1, 0.15) is 32.1 Å². The zero-order chi connectivity index (χ0) is 12.8. The summed E-state index contributed by atoms with van der Waals surface area (Å²) in [6.07, 6.45) is 6.40. The van der Waals surface area contributed by atoms with Gasteiger partial charge in [0, 0.05) is 29.8 Å². The lowest BCUT2D eigenvalue weighted by molar-refractivity contribution is -0.121. The van der Waals surface area contributed by atoms with Gasteiger partial charge in [-0.2, -0.15) is 11.8 Å². The number of hydrogen-bond donors (Lipinski definition) is 2. The molecule has 3 nitrogen and oxygen atoms in total. The SMILES string of the molecule is Cl.NCC(NC(=O)C1CSCCS1)C1CCCCC1. The molecule has 1 amide bonds. The van der Waals surface area contributed by atoms with Crippen molar-refractivity contribution in [2.45, 2.75) is 43.4 Å². The van der Waals surface area contributed by atoms with Gasteiger partial charge < -0.3 is 11.1 Å². The molecule has 2 fully saturated rings. The average Bonchev–Trinajstić information content (AvgIpc) is 2.46. The van der Waals surface area contributed by atoms with Crippen molar-refractivity contribution in [3.05, 3.63) is 0 Å². The van der Waals surface area contributed by atoms with Crippen LogP contribution in [0.4, 0.5) is 0 Å². The highest BCUT2D eigenvalue weighted by molar-refractivity contribution is 8.07. The summed E-state index contributed by atoms with van der Waals surface area (Å²) in [4.78, 5) is 12.2. The molecule has 1 saturated heterocycles. The molecule has 2 rings (SSSR count). The minimum absolute atomic E-state index is 0. The van der Waals surface area contributed by atoms with Gasteiger partial charge in [-0.15, -0.1) is 24.2 Å². The largest absolute Gasteiger partial charge is 0.351 e. The van der Waals surface area contributed by atoms with Crippen LogP contribution in [0.15, 0.2) is 0 Å². The Bertz CT molecular complexity index is 269. The molecule has 2 aliphatic rings. The van der Waals surface area contributed by atoms with Crippen molar-refractivity contribution in [1.29, 1.82) is 0 Å². The van der Waals surface area contributed by atoms with Gasteiger partial charge in [-0.1, -0.05) is 19.3 Å². The molecule has 0 bridgehead atoms. The number of nitrogens with two attached hydrogens (primary N) is 1. The van der Waals surface area contributed by atoms with Gasteiger partial charge in [0.25, 0.3) is 0 Å². The van der Waals surface area contributed by atoms with Crippen LogP contribution in [0.2, 0.25) is 0 Å². The predicted octanol–water partition coefficient (Wildman–Crippen LogP) is 2.28. The van der Waals surface area contributed by atoms with Crippen molar-refractivity contribution in [3.8, 4) is 0 Å². The van der Waals surface area contributed by atoms with Gasteiger partial charge in [-0.05, 0) is 18.8 Å². The molecule has 19 heavy (non-hydrogen) atoms. The van der Waals surface area contributed by atoms with Crippen LogP contribution in [0.5, 0.6) is 0 Å². The molecule has 0 aromatic rings. The minimum Gasteiger partial charge on any atom is -0.351 e. The van der Waals surface area contributed by atoms with E-state index >= 15 is 0 Å². The molecule has 1 saturated carbocycles. The maximum absolute atomic E-state index is 12.2. The maximum atomic E-state index is 12.2. The highest BCUT2D eigenvalue weighted by Crippen LogP contribution is 2.27. The topological polar surface area (TPSA) is 55.1 Å². The lowest BCUT2D eigenvalue weighted by Gasteiger charge is -2.31. The summed E-state index contributed by atoms with van der Waals surface area (Å²) >= 11 is 3.69. The van der Waals surface area contributed by atoms with E-state index in [1.54, 1.807) is 11.8 Å². The van der Waals surface area contributed by atoms with Crippen LogP contribution in [0, 0.1) is 5.92 Å². The minimum atomic E-state index is 0. The van der Waals surface area contributed by atoms with Gasteiger partial charge in [-0.3, -0.25) is 4.79 Å². The lowest BCUT2D eigenvalue weighted by atomic mass is 9.84. The quantitative estimate of drug-likeness (QED) is 0.833. The molecule has 0 radical (unpaired) electrons. The number of carbonyl (C=O) groups excluding carboxylic acids is 1. The Kier molecular flexibility index (Phi) is 8.62. The summed E-state index contributed by atoms with van der Waals surface area (Å²) < 4.78 is 0. The fraction of sp³-hybridized carbons (Fsp3) is 0.923. The molecular weight excluding hydrogens is 300 g/mol. The van der Waals surface area contributed by atoms with Gasteiger partial charge in [0.2, 0.25) is 5.91 Å². The molecule has 6 heteroatoms. The van der Waals surface area contributed by atoms with E-state index < -0.39 is 0 Å². The molecule has 0 spiro atoms.